The molecule has 0 unspecified atom stereocenters. The van der Waals surface area contributed by atoms with Gasteiger partial charge in [-0.2, -0.15) is 0 Å². The van der Waals surface area contributed by atoms with E-state index in [1.165, 1.54) is 11.9 Å². The molecule has 2 aliphatic heterocycles. The minimum Gasteiger partial charge on any atom is -0.480 e. The molecule has 5 rings (SSSR count). The van der Waals surface area contributed by atoms with E-state index in [4.69, 9.17) is 26.7 Å². The third-order valence-corrected chi connectivity index (χ3v) is 6.89. The molecule has 1 saturated heterocycles. The fourth-order valence-corrected chi connectivity index (χ4v) is 5.21. The van der Waals surface area contributed by atoms with E-state index >= 15 is 0 Å². The molecule has 0 spiro atoms. The Kier molecular flexibility index (Phi) is 6.64. The minimum atomic E-state index is 0.401. The van der Waals surface area contributed by atoms with E-state index in [-0.39, 0.29) is 0 Å². The SMILES string of the molecule is COc1ncnc(C)c1-c1ccc(Nc2ccc([C@H]3CCOC3)c(CN(C)C)n2)c2c1CNC2=S. The van der Waals surface area contributed by atoms with Gasteiger partial charge in [-0.3, -0.25) is 0 Å². The number of aromatic nitrogens is 3. The highest BCUT2D eigenvalue weighted by molar-refractivity contribution is 7.80. The van der Waals surface area contributed by atoms with Gasteiger partial charge in [0.1, 0.15) is 17.1 Å². The number of nitrogens with one attached hydrogen (secondary N) is 2. The summed E-state index contributed by atoms with van der Waals surface area (Å²) < 4.78 is 11.2. The molecule has 8 nitrogen and oxygen atoms in total. The normalized spacial score (nSPS) is 16.9. The van der Waals surface area contributed by atoms with E-state index in [9.17, 15) is 0 Å². The number of rotatable bonds is 7. The number of benzene rings is 1. The number of pyridine rings is 1. The molecule has 1 atom stereocenters. The molecule has 9 heteroatoms. The van der Waals surface area contributed by atoms with Crippen LogP contribution in [0, 0.1) is 6.92 Å². The van der Waals surface area contributed by atoms with Gasteiger partial charge in [0, 0.05) is 31.2 Å². The fourth-order valence-electron chi connectivity index (χ4n) is 4.90. The number of hydrogen-bond acceptors (Lipinski definition) is 8. The Bertz CT molecular complexity index is 1270. The summed E-state index contributed by atoms with van der Waals surface area (Å²) in [7, 11) is 5.76. The van der Waals surface area contributed by atoms with Gasteiger partial charge in [-0.1, -0.05) is 24.4 Å². The number of nitrogens with zero attached hydrogens (tertiary/aromatic N) is 4. The quantitative estimate of drug-likeness (QED) is 0.478. The van der Waals surface area contributed by atoms with E-state index in [0.717, 1.165) is 71.3 Å². The van der Waals surface area contributed by atoms with Crippen LogP contribution in [0.2, 0.25) is 0 Å². The molecule has 0 radical (unpaired) electrons. The monoisotopic (exact) mass is 490 g/mol. The van der Waals surface area contributed by atoms with Gasteiger partial charge < -0.3 is 25.0 Å². The van der Waals surface area contributed by atoms with Crippen molar-refractivity contribution < 1.29 is 9.47 Å². The van der Waals surface area contributed by atoms with E-state index in [1.54, 1.807) is 7.11 Å². The molecular formula is C26H30N6O2S. The minimum absolute atomic E-state index is 0.401. The van der Waals surface area contributed by atoms with E-state index in [0.29, 0.717) is 23.3 Å². The second-order valence-electron chi connectivity index (χ2n) is 9.20. The summed E-state index contributed by atoms with van der Waals surface area (Å²) in [5, 5.41) is 6.87. The first-order valence-electron chi connectivity index (χ1n) is 11.8. The van der Waals surface area contributed by atoms with Crippen molar-refractivity contribution in [2.24, 2.45) is 0 Å². The Balaban J connectivity index is 1.54. The Labute approximate surface area is 211 Å². The highest BCUT2D eigenvalue weighted by atomic mass is 32.1. The van der Waals surface area contributed by atoms with Gasteiger partial charge in [-0.15, -0.1) is 0 Å². The Morgan fingerprint density at radius 3 is 2.80 bits per heavy atom. The zero-order valence-corrected chi connectivity index (χ0v) is 21.3. The number of anilines is 2. The molecule has 2 aromatic heterocycles. The maximum atomic E-state index is 5.70. The van der Waals surface area contributed by atoms with Crippen molar-refractivity contribution in [3.63, 3.8) is 0 Å². The molecule has 182 valence electrons. The van der Waals surface area contributed by atoms with Crippen LogP contribution in [0.1, 0.15) is 40.4 Å². The topological polar surface area (TPSA) is 84.4 Å². The molecule has 0 bridgehead atoms. The van der Waals surface area contributed by atoms with Crippen LogP contribution in [0.5, 0.6) is 5.88 Å². The second kappa shape index (κ2) is 9.85. The third-order valence-electron chi connectivity index (χ3n) is 6.54. The zero-order valence-electron chi connectivity index (χ0n) is 20.5. The molecule has 2 N–H and O–H groups in total. The van der Waals surface area contributed by atoms with Crippen molar-refractivity contribution >= 4 is 28.7 Å². The summed E-state index contributed by atoms with van der Waals surface area (Å²) >= 11 is 5.70. The number of aryl methyl sites for hydroxylation is 1. The predicted molar refractivity (Wildman–Crippen MR) is 140 cm³/mol. The number of methoxy groups -OCH3 is 1. The second-order valence-corrected chi connectivity index (χ2v) is 9.60. The first-order valence-corrected chi connectivity index (χ1v) is 12.2. The molecule has 1 aromatic carbocycles. The lowest BCUT2D eigenvalue weighted by Gasteiger charge is -2.19. The molecule has 35 heavy (non-hydrogen) atoms. The van der Waals surface area contributed by atoms with Crippen LogP contribution >= 0.6 is 12.2 Å². The third kappa shape index (κ3) is 4.59. The highest BCUT2D eigenvalue weighted by Gasteiger charge is 2.27. The van der Waals surface area contributed by atoms with Crippen LogP contribution in [0.3, 0.4) is 0 Å². The number of thiocarbonyl (C=S) groups is 1. The standard InChI is InChI=1S/C26H30N6O2S/c1-15-23(25(33-4)29-14-28-15)18-5-7-20(24-19(18)11-27-26(24)35)30-22-8-6-17(16-9-10-34-13-16)21(31-22)12-32(2)3/h5-8,14,16H,9-13H2,1-4H3,(H,27,35)(H,30,31)/t16-/m0/s1. The number of fused-ring (bicyclic) bond motifs is 1. The Morgan fingerprint density at radius 1 is 1.20 bits per heavy atom. The molecule has 0 amide bonds. The van der Waals surface area contributed by atoms with Crippen LogP contribution in [0.25, 0.3) is 11.1 Å². The Morgan fingerprint density at radius 2 is 2.06 bits per heavy atom. The lowest BCUT2D eigenvalue weighted by Crippen LogP contribution is -2.16. The van der Waals surface area contributed by atoms with Crippen molar-refractivity contribution in [1.82, 2.24) is 25.2 Å². The number of ether oxygens (including phenoxy) is 2. The molecule has 4 heterocycles. The molecule has 2 aliphatic rings. The van der Waals surface area contributed by atoms with Crippen molar-refractivity contribution in [3.05, 3.63) is 58.7 Å². The summed E-state index contributed by atoms with van der Waals surface area (Å²) in [6.07, 6.45) is 2.56. The molecule has 0 saturated carbocycles. The summed E-state index contributed by atoms with van der Waals surface area (Å²) in [4.78, 5) is 16.6. The van der Waals surface area contributed by atoms with Gasteiger partial charge in [0.15, 0.2) is 0 Å². The lowest BCUT2D eigenvalue weighted by molar-refractivity contribution is 0.193. The maximum Gasteiger partial charge on any atom is 0.224 e. The average molecular weight is 491 g/mol. The highest BCUT2D eigenvalue weighted by Crippen LogP contribution is 2.39. The van der Waals surface area contributed by atoms with Gasteiger partial charge >= 0.3 is 0 Å². The summed E-state index contributed by atoms with van der Waals surface area (Å²) in [5.41, 5.74) is 8.12. The van der Waals surface area contributed by atoms with Gasteiger partial charge in [-0.25, -0.2) is 15.0 Å². The van der Waals surface area contributed by atoms with Gasteiger partial charge in [0.05, 0.1) is 36.4 Å². The summed E-state index contributed by atoms with van der Waals surface area (Å²) in [5.74, 6) is 1.75. The predicted octanol–water partition coefficient (Wildman–Crippen LogP) is 3.94. The van der Waals surface area contributed by atoms with Crippen molar-refractivity contribution in [1.29, 1.82) is 0 Å². The largest absolute Gasteiger partial charge is 0.480 e. The van der Waals surface area contributed by atoms with Crippen LogP contribution in [-0.4, -0.2) is 59.3 Å². The van der Waals surface area contributed by atoms with Crippen LogP contribution < -0.4 is 15.4 Å². The zero-order chi connectivity index (χ0) is 24.5. The van der Waals surface area contributed by atoms with E-state index in [1.807, 2.05) is 13.0 Å². The van der Waals surface area contributed by atoms with Crippen LogP contribution in [0.4, 0.5) is 11.5 Å². The van der Waals surface area contributed by atoms with Crippen LogP contribution in [0.15, 0.2) is 30.6 Å². The van der Waals surface area contributed by atoms with Crippen molar-refractivity contribution in [2.75, 3.05) is 39.7 Å². The fraction of sp³-hybridized carbons (Fsp3) is 0.385. The maximum absolute atomic E-state index is 5.70. The summed E-state index contributed by atoms with van der Waals surface area (Å²) in [6, 6.07) is 8.37. The van der Waals surface area contributed by atoms with Crippen LogP contribution in [-0.2, 0) is 17.8 Å². The van der Waals surface area contributed by atoms with Gasteiger partial charge in [0.25, 0.3) is 0 Å². The van der Waals surface area contributed by atoms with E-state index < -0.39 is 0 Å². The lowest BCUT2D eigenvalue weighted by atomic mass is 9.95. The molecule has 3 aromatic rings. The van der Waals surface area contributed by atoms with E-state index in [2.05, 4.69) is 57.8 Å². The molecular weight excluding hydrogens is 460 g/mol. The van der Waals surface area contributed by atoms with Crippen molar-refractivity contribution in [2.45, 2.75) is 32.4 Å². The molecule has 0 aliphatic carbocycles. The summed E-state index contributed by atoms with van der Waals surface area (Å²) in [6.45, 7) is 4.94. The number of hydrogen-bond donors (Lipinski definition) is 2. The molecule has 1 fully saturated rings. The smallest absolute Gasteiger partial charge is 0.224 e. The van der Waals surface area contributed by atoms with Gasteiger partial charge in [-0.05, 0) is 56.3 Å². The first-order chi connectivity index (χ1) is 17.0. The first kappa shape index (κ1) is 23.6. The van der Waals surface area contributed by atoms with Gasteiger partial charge in [0.2, 0.25) is 5.88 Å². The Hall–Kier alpha value is -3.14. The average Bonchev–Trinajstić information content (AvgIpc) is 3.50. The van der Waals surface area contributed by atoms with Crippen molar-refractivity contribution in [3.8, 4) is 17.0 Å².